The largest absolute Gasteiger partial charge is 0.394 e. The van der Waals surface area contributed by atoms with Crippen LogP contribution in [-0.2, 0) is 0 Å². The van der Waals surface area contributed by atoms with Gasteiger partial charge in [-0.15, -0.1) is 11.8 Å². The van der Waals surface area contributed by atoms with Crippen molar-refractivity contribution >= 4 is 29.2 Å². The lowest BCUT2D eigenvalue weighted by Gasteiger charge is -2.14. The first-order chi connectivity index (χ1) is 12.7. The molecule has 1 atom stereocenters. The Kier molecular flexibility index (Phi) is 6.09. The van der Waals surface area contributed by atoms with E-state index in [4.69, 9.17) is 0 Å². The van der Waals surface area contributed by atoms with Gasteiger partial charge in [0.2, 0.25) is 5.95 Å². The van der Waals surface area contributed by atoms with Gasteiger partial charge in [0.15, 0.2) is 0 Å². The van der Waals surface area contributed by atoms with Gasteiger partial charge in [-0.05, 0) is 31.4 Å². The Balaban J connectivity index is 1.96. The highest BCUT2D eigenvalue weighted by Crippen LogP contribution is 2.25. The van der Waals surface area contributed by atoms with E-state index in [0.29, 0.717) is 11.8 Å². The van der Waals surface area contributed by atoms with Crippen molar-refractivity contribution in [3.63, 3.8) is 0 Å². The quantitative estimate of drug-likeness (QED) is 0.538. The highest BCUT2D eigenvalue weighted by Gasteiger charge is 2.09. The van der Waals surface area contributed by atoms with E-state index in [1.807, 2.05) is 55.5 Å². The highest BCUT2D eigenvalue weighted by atomic mass is 32.2. The fraction of sp³-hybridized carbons (Fsp3) is 0.200. The number of aromatic nitrogens is 2. The Bertz CT molecular complexity index is 857. The molecule has 3 N–H and O–H groups in total. The average molecular weight is 366 g/mol. The molecule has 0 unspecified atom stereocenters. The standard InChI is InChI=1S/C20H22N4OS/c1-14(13-25)21-20-23-18(15-7-4-3-5-8-15)12-19(24-20)22-16-9-6-10-17(11-16)26-2/h3-12,14,25H,13H2,1-2H3,(H2,21,22,23,24)/t14-/m1/s1. The van der Waals surface area contributed by atoms with E-state index in [0.717, 1.165) is 16.9 Å². The summed E-state index contributed by atoms with van der Waals surface area (Å²) >= 11 is 1.70. The van der Waals surface area contributed by atoms with Crippen LogP contribution in [-0.4, -0.2) is 34.0 Å². The first-order valence-electron chi connectivity index (χ1n) is 8.41. The topological polar surface area (TPSA) is 70.1 Å². The molecular weight excluding hydrogens is 344 g/mol. The van der Waals surface area contributed by atoms with E-state index < -0.39 is 0 Å². The number of aliphatic hydroxyl groups is 1. The van der Waals surface area contributed by atoms with Gasteiger partial charge in [0.25, 0.3) is 0 Å². The van der Waals surface area contributed by atoms with Gasteiger partial charge in [-0.25, -0.2) is 4.98 Å². The smallest absolute Gasteiger partial charge is 0.225 e. The second-order valence-electron chi connectivity index (χ2n) is 5.91. The molecule has 5 nitrogen and oxygen atoms in total. The predicted octanol–water partition coefficient (Wildman–Crippen LogP) is 4.40. The number of benzene rings is 2. The number of rotatable bonds is 7. The molecule has 3 rings (SSSR count). The third-order valence-electron chi connectivity index (χ3n) is 3.79. The fourth-order valence-electron chi connectivity index (χ4n) is 2.45. The van der Waals surface area contributed by atoms with E-state index in [2.05, 4.69) is 39.0 Å². The molecule has 134 valence electrons. The summed E-state index contributed by atoms with van der Waals surface area (Å²) in [6.45, 7) is 1.89. The molecule has 0 saturated heterocycles. The van der Waals surface area contributed by atoms with E-state index in [1.54, 1.807) is 11.8 Å². The fourth-order valence-corrected chi connectivity index (χ4v) is 2.91. The van der Waals surface area contributed by atoms with Crippen molar-refractivity contribution in [3.8, 4) is 11.3 Å². The zero-order valence-electron chi connectivity index (χ0n) is 14.8. The number of nitrogens with one attached hydrogen (secondary N) is 2. The van der Waals surface area contributed by atoms with Crippen molar-refractivity contribution in [1.29, 1.82) is 0 Å². The summed E-state index contributed by atoms with van der Waals surface area (Å²) in [6, 6.07) is 19.9. The molecule has 0 fully saturated rings. The van der Waals surface area contributed by atoms with Gasteiger partial charge in [-0.1, -0.05) is 36.4 Å². The summed E-state index contributed by atoms with van der Waals surface area (Å²) in [6.07, 6.45) is 2.05. The van der Waals surface area contributed by atoms with Crippen LogP contribution in [0.25, 0.3) is 11.3 Å². The molecule has 0 aliphatic carbocycles. The summed E-state index contributed by atoms with van der Waals surface area (Å²) in [5.41, 5.74) is 2.79. The number of aliphatic hydroxyl groups excluding tert-OH is 1. The predicted molar refractivity (Wildman–Crippen MR) is 109 cm³/mol. The summed E-state index contributed by atoms with van der Waals surface area (Å²) < 4.78 is 0. The van der Waals surface area contributed by atoms with Crippen LogP contribution in [0.5, 0.6) is 0 Å². The Hall–Kier alpha value is -2.57. The molecular formula is C20H22N4OS. The first kappa shape index (κ1) is 18.2. The lowest BCUT2D eigenvalue weighted by Crippen LogP contribution is -2.21. The minimum Gasteiger partial charge on any atom is -0.394 e. The molecule has 0 aliphatic heterocycles. The second kappa shape index (κ2) is 8.69. The summed E-state index contributed by atoms with van der Waals surface area (Å²) in [5.74, 6) is 1.18. The lowest BCUT2D eigenvalue weighted by atomic mass is 10.1. The molecule has 1 heterocycles. The number of hydrogen-bond donors (Lipinski definition) is 3. The van der Waals surface area contributed by atoms with Crippen LogP contribution < -0.4 is 10.6 Å². The minimum absolute atomic E-state index is 0.0114. The van der Waals surface area contributed by atoms with E-state index in [1.165, 1.54) is 4.90 Å². The Labute approximate surface area is 157 Å². The monoisotopic (exact) mass is 366 g/mol. The van der Waals surface area contributed by atoms with Crippen LogP contribution in [0.1, 0.15) is 6.92 Å². The van der Waals surface area contributed by atoms with Crippen LogP contribution >= 0.6 is 11.8 Å². The number of nitrogens with zero attached hydrogens (tertiary/aromatic N) is 2. The van der Waals surface area contributed by atoms with Crippen molar-refractivity contribution in [3.05, 3.63) is 60.7 Å². The molecule has 0 aliphatic rings. The molecule has 0 spiro atoms. The third kappa shape index (κ3) is 4.74. The zero-order valence-corrected chi connectivity index (χ0v) is 15.6. The summed E-state index contributed by atoms with van der Waals surface area (Å²) in [7, 11) is 0. The van der Waals surface area contributed by atoms with Gasteiger partial charge in [-0.3, -0.25) is 0 Å². The van der Waals surface area contributed by atoms with Crippen LogP contribution in [0.2, 0.25) is 0 Å². The van der Waals surface area contributed by atoms with Crippen LogP contribution in [0.15, 0.2) is 65.6 Å². The summed E-state index contributed by atoms with van der Waals surface area (Å²) in [5, 5.41) is 15.8. The van der Waals surface area contributed by atoms with Gasteiger partial charge in [0.05, 0.1) is 12.3 Å². The average Bonchev–Trinajstić information content (AvgIpc) is 2.68. The minimum atomic E-state index is -0.131. The van der Waals surface area contributed by atoms with Crippen molar-refractivity contribution in [2.75, 3.05) is 23.5 Å². The van der Waals surface area contributed by atoms with E-state index >= 15 is 0 Å². The van der Waals surface area contributed by atoms with E-state index in [-0.39, 0.29) is 12.6 Å². The zero-order chi connectivity index (χ0) is 18.4. The Morgan fingerprint density at radius 3 is 2.58 bits per heavy atom. The Morgan fingerprint density at radius 1 is 1.04 bits per heavy atom. The van der Waals surface area contributed by atoms with Crippen molar-refractivity contribution in [2.45, 2.75) is 17.9 Å². The summed E-state index contributed by atoms with van der Waals surface area (Å²) in [4.78, 5) is 10.3. The molecule has 0 amide bonds. The van der Waals surface area contributed by atoms with Gasteiger partial charge < -0.3 is 15.7 Å². The lowest BCUT2D eigenvalue weighted by molar-refractivity contribution is 0.281. The van der Waals surface area contributed by atoms with Gasteiger partial charge in [0, 0.05) is 28.3 Å². The SMILES string of the molecule is CSc1cccc(Nc2cc(-c3ccccc3)nc(N[C@H](C)CO)n2)c1. The molecule has 2 aromatic carbocycles. The molecule has 6 heteroatoms. The van der Waals surface area contributed by atoms with Gasteiger partial charge in [-0.2, -0.15) is 4.98 Å². The normalized spacial score (nSPS) is 11.8. The number of hydrogen-bond acceptors (Lipinski definition) is 6. The Morgan fingerprint density at radius 2 is 1.85 bits per heavy atom. The van der Waals surface area contributed by atoms with Crippen LogP contribution in [0.4, 0.5) is 17.5 Å². The highest BCUT2D eigenvalue weighted by molar-refractivity contribution is 7.98. The third-order valence-corrected chi connectivity index (χ3v) is 4.51. The maximum absolute atomic E-state index is 9.31. The van der Waals surface area contributed by atoms with E-state index in [9.17, 15) is 5.11 Å². The maximum Gasteiger partial charge on any atom is 0.225 e. The van der Waals surface area contributed by atoms with Crippen LogP contribution in [0.3, 0.4) is 0 Å². The molecule has 0 radical (unpaired) electrons. The molecule has 3 aromatic rings. The second-order valence-corrected chi connectivity index (χ2v) is 6.79. The number of thioether (sulfide) groups is 1. The van der Waals surface area contributed by atoms with Gasteiger partial charge in [0.1, 0.15) is 5.82 Å². The maximum atomic E-state index is 9.31. The molecule has 1 aromatic heterocycles. The van der Waals surface area contributed by atoms with Crippen molar-refractivity contribution in [1.82, 2.24) is 9.97 Å². The first-order valence-corrected chi connectivity index (χ1v) is 9.63. The van der Waals surface area contributed by atoms with Gasteiger partial charge >= 0.3 is 0 Å². The molecule has 26 heavy (non-hydrogen) atoms. The van der Waals surface area contributed by atoms with Crippen molar-refractivity contribution in [2.24, 2.45) is 0 Å². The number of anilines is 3. The van der Waals surface area contributed by atoms with Crippen LogP contribution in [0, 0.1) is 0 Å². The van der Waals surface area contributed by atoms with Crippen molar-refractivity contribution < 1.29 is 5.11 Å². The molecule has 0 bridgehead atoms. The molecule has 0 saturated carbocycles.